The van der Waals surface area contributed by atoms with Gasteiger partial charge in [-0.15, -0.1) is 0 Å². The topological polar surface area (TPSA) is 64.1 Å². The van der Waals surface area contributed by atoms with Gasteiger partial charge in [-0.3, -0.25) is 0 Å². The Morgan fingerprint density at radius 2 is 1.82 bits per heavy atom. The Bertz CT molecular complexity index is 58.4. The first kappa shape index (κ1) is 10.9. The molecule has 0 aromatic heterocycles. The summed E-state index contributed by atoms with van der Waals surface area (Å²) in [7, 11) is 0. The Labute approximate surface area is 69.5 Å². The average molecular weight is 158 g/mol. The number of nitrogens with one attached hydrogen (secondary N) is 1. The molecule has 0 amide bonds. The molecule has 1 radical (unpaired) electrons. The number of hydrogen-bond acceptors (Lipinski definition) is 3. The lowest BCUT2D eigenvalue weighted by atomic mass is 10.2. The molecular weight excluding hydrogens is 138 g/mol. The molecule has 67 valence electrons. The minimum Gasteiger partial charge on any atom is -0.330 e. The van der Waals surface area contributed by atoms with E-state index in [-0.39, 0.29) is 0 Å². The molecule has 0 aromatic rings. The lowest BCUT2D eigenvalue weighted by Crippen LogP contribution is -2.23. The van der Waals surface area contributed by atoms with Crippen molar-refractivity contribution in [3.05, 3.63) is 6.42 Å². The maximum Gasteiger partial charge on any atom is 0.00745 e. The van der Waals surface area contributed by atoms with Gasteiger partial charge in [0.05, 0.1) is 0 Å². The summed E-state index contributed by atoms with van der Waals surface area (Å²) in [5, 5.41) is 3.22. The van der Waals surface area contributed by atoms with Gasteiger partial charge in [0.25, 0.3) is 0 Å². The van der Waals surface area contributed by atoms with Crippen molar-refractivity contribution in [1.29, 1.82) is 0 Å². The highest BCUT2D eigenvalue weighted by atomic mass is 14.9. The van der Waals surface area contributed by atoms with E-state index in [0.717, 1.165) is 45.4 Å². The zero-order valence-electron chi connectivity index (χ0n) is 7.18. The molecule has 0 saturated carbocycles. The van der Waals surface area contributed by atoms with Gasteiger partial charge in [0, 0.05) is 13.1 Å². The molecule has 3 heteroatoms. The highest BCUT2D eigenvalue weighted by Gasteiger charge is 1.88. The SMILES string of the molecule is NCCC[CH]CCNCCN. The van der Waals surface area contributed by atoms with Crippen LogP contribution in [0.4, 0.5) is 0 Å². The summed E-state index contributed by atoms with van der Waals surface area (Å²) in [6.45, 7) is 3.49. The van der Waals surface area contributed by atoms with Crippen LogP contribution in [0.3, 0.4) is 0 Å². The summed E-state index contributed by atoms with van der Waals surface area (Å²) in [4.78, 5) is 0. The van der Waals surface area contributed by atoms with Crippen molar-refractivity contribution in [3.8, 4) is 0 Å². The Morgan fingerprint density at radius 1 is 1.00 bits per heavy atom. The third-order valence-corrected chi connectivity index (χ3v) is 1.46. The number of nitrogens with two attached hydrogens (primary N) is 2. The summed E-state index contributed by atoms with van der Waals surface area (Å²) < 4.78 is 0. The third-order valence-electron chi connectivity index (χ3n) is 1.46. The molecule has 0 spiro atoms. The molecule has 5 N–H and O–H groups in total. The second kappa shape index (κ2) is 9.88. The molecule has 0 bridgehead atoms. The van der Waals surface area contributed by atoms with Gasteiger partial charge < -0.3 is 16.8 Å². The van der Waals surface area contributed by atoms with Crippen molar-refractivity contribution >= 4 is 0 Å². The smallest absolute Gasteiger partial charge is 0.00745 e. The van der Waals surface area contributed by atoms with Gasteiger partial charge in [-0.05, 0) is 38.8 Å². The summed E-state index contributed by atoms with van der Waals surface area (Å²) in [5.74, 6) is 0. The first-order valence-corrected chi connectivity index (χ1v) is 4.34. The van der Waals surface area contributed by atoms with Crippen LogP contribution in [0.15, 0.2) is 0 Å². The first-order valence-electron chi connectivity index (χ1n) is 4.34. The van der Waals surface area contributed by atoms with Crippen LogP contribution in [0.1, 0.15) is 19.3 Å². The molecule has 0 aromatic carbocycles. The number of unbranched alkanes of at least 4 members (excludes halogenated alkanes) is 3. The van der Waals surface area contributed by atoms with Gasteiger partial charge in [-0.1, -0.05) is 0 Å². The van der Waals surface area contributed by atoms with E-state index < -0.39 is 0 Å². The minimum atomic E-state index is 0.725. The highest BCUT2D eigenvalue weighted by Crippen LogP contribution is 1.94. The van der Waals surface area contributed by atoms with E-state index in [9.17, 15) is 0 Å². The molecular formula is C8H20N3. The Kier molecular flexibility index (Phi) is 9.77. The molecule has 0 aliphatic carbocycles. The van der Waals surface area contributed by atoms with Crippen molar-refractivity contribution in [3.63, 3.8) is 0 Å². The molecule has 0 saturated heterocycles. The van der Waals surface area contributed by atoms with Crippen molar-refractivity contribution in [2.45, 2.75) is 19.3 Å². The normalized spacial score (nSPS) is 10.4. The molecule has 0 rings (SSSR count). The molecule has 0 unspecified atom stereocenters. The van der Waals surface area contributed by atoms with Gasteiger partial charge in [0.2, 0.25) is 0 Å². The Hall–Kier alpha value is -0.120. The predicted molar refractivity (Wildman–Crippen MR) is 49.1 cm³/mol. The lowest BCUT2D eigenvalue weighted by molar-refractivity contribution is 0.665. The summed E-state index contributed by atoms with van der Waals surface area (Å²) in [5.41, 5.74) is 10.6. The fourth-order valence-corrected chi connectivity index (χ4v) is 0.838. The van der Waals surface area contributed by atoms with E-state index >= 15 is 0 Å². The molecule has 0 aliphatic rings. The van der Waals surface area contributed by atoms with Crippen LogP contribution < -0.4 is 16.8 Å². The maximum absolute atomic E-state index is 5.34. The van der Waals surface area contributed by atoms with Gasteiger partial charge in [0.15, 0.2) is 0 Å². The third kappa shape index (κ3) is 9.88. The highest BCUT2D eigenvalue weighted by molar-refractivity contribution is 4.66. The van der Waals surface area contributed by atoms with Crippen LogP contribution in [0, 0.1) is 6.42 Å². The van der Waals surface area contributed by atoms with Crippen molar-refractivity contribution in [2.75, 3.05) is 26.2 Å². The second-order valence-corrected chi connectivity index (χ2v) is 2.55. The van der Waals surface area contributed by atoms with Gasteiger partial charge in [-0.2, -0.15) is 0 Å². The molecule has 11 heavy (non-hydrogen) atoms. The summed E-state index contributed by atoms with van der Waals surface area (Å²) in [6.07, 6.45) is 5.65. The molecule has 0 heterocycles. The van der Waals surface area contributed by atoms with E-state index in [1.54, 1.807) is 0 Å². The van der Waals surface area contributed by atoms with E-state index in [1.807, 2.05) is 0 Å². The predicted octanol–water partition coefficient (Wildman–Crippen LogP) is -0.132. The Morgan fingerprint density at radius 3 is 2.45 bits per heavy atom. The van der Waals surface area contributed by atoms with Gasteiger partial charge >= 0.3 is 0 Å². The van der Waals surface area contributed by atoms with E-state index in [1.165, 1.54) is 0 Å². The molecule has 3 nitrogen and oxygen atoms in total. The lowest BCUT2D eigenvalue weighted by Gasteiger charge is -2.01. The standard InChI is InChI=1S/C8H20N3/c9-5-3-1-2-4-7-11-8-6-10/h2,11H,1,3-10H2. The monoisotopic (exact) mass is 158 g/mol. The van der Waals surface area contributed by atoms with E-state index in [0.29, 0.717) is 0 Å². The maximum atomic E-state index is 5.34. The van der Waals surface area contributed by atoms with E-state index in [4.69, 9.17) is 11.5 Å². The summed E-state index contributed by atoms with van der Waals surface area (Å²) in [6, 6.07) is 0. The van der Waals surface area contributed by atoms with Crippen LogP contribution in [-0.4, -0.2) is 26.2 Å². The molecule has 0 atom stereocenters. The molecule has 0 aliphatic heterocycles. The van der Waals surface area contributed by atoms with Crippen molar-refractivity contribution < 1.29 is 0 Å². The quantitative estimate of drug-likeness (QED) is 0.431. The zero-order chi connectivity index (χ0) is 8.36. The Balaban J connectivity index is 2.69. The largest absolute Gasteiger partial charge is 0.330 e. The van der Waals surface area contributed by atoms with Crippen molar-refractivity contribution in [1.82, 2.24) is 5.32 Å². The zero-order valence-corrected chi connectivity index (χ0v) is 7.18. The van der Waals surface area contributed by atoms with E-state index in [2.05, 4.69) is 11.7 Å². The average Bonchev–Trinajstić information content (AvgIpc) is 2.03. The second-order valence-electron chi connectivity index (χ2n) is 2.55. The van der Waals surface area contributed by atoms with Gasteiger partial charge in [-0.25, -0.2) is 0 Å². The number of hydrogen-bond donors (Lipinski definition) is 3. The van der Waals surface area contributed by atoms with Crippen LogP contribution in [-0.2, 0) is 0 Å². The van der Waals surface area contributed by atoms with Crippen molar-refractivity contribution in [2.24, 2.45) is 11.5 Å². The van der Waals surface area contributed by atoms with Gasteiger partial charge in [0.1, 0.15) is 0 Å². The van der Waals surface area contributed by atoms with Crippen LogP contribution in [0.25, 0.3) is 0 Å². The van der Waals surface area contributed by atoms with Crippen LogP contribution in [0.5, 0.6) is 0 Å². The van der Waals surface area contributed by atoms with Crippen LogP contribution >= 0.6 is 0 Å². The van der Waals surface area contributed by atoms with Crippen LogP contribution in [0.2, 0.25) is 0 Å². The number of rotatable bonds is 8. The fourth-order valence-electron chi connectivity index (χ4n) is 0.838. The minimum absolute atomic E-state index is 0.725. The molecule has 0 fully saturated rings. The first-order chi connectivity index (χ1) is 5.41. The summed E-state index contributed by atoms with van der Waals surface area (Å²) >= 11 is 0. The fraction of sp³-hybridized carbons (Fsp3) is 0.875.